The first-order valence-electron chi connectivity index (χ1n) is 8.16. The zero-order valence-electron chi connectivity index (χ0n) is 14.8. The Bertz CT molecular complexity index is 524. The van der Waals surface area contributed by atoms with E-state index in [9.17, 15) is 5.11 Å². The van der Waals surface area contributed by atoms with E-state index in [1.165, 1.54) is 0 Å². The summed E-state index contributed by atoms with van der Waals surface area (Å²) in [4.78, 5) is 0. The summed E-state index contributed by atoms with van der Waals surface area (Å²) in [5.41, 5.74) is 2.22. The van der Waals surface area contributed by atoms with E-state index in [0.717, 1.165) is 22.6 Å². The van der Waals surface area contributed by atoms with Gasteiger partial charge in [0.15, 0.2) is 17.6 Å². The van der Waals surface area contributed by atoms with Gasteiger partial charge in [0.2, 0.25) is 0 Å². The van der Waals surface area contributed by atoms with Crippen LogP contribution in [0.4, 0.5) is 0 Å². The molecule has 1 aliphatic rings. The molecule has 0 aliphatic carbocycles. The Morgan fingerprint density at radius 2 is 2.09 bits per heavy atom. The van der Waals surface area contributed by atoms with Gasteiger partial charge < -0.3 is 24.6 Å². The summed E-state index contributed by atoms with van der Waals surface area (Å²) in [5, 5.41) is 13.2. The van der Waals surface area contributed by atoms with Crippen LogP contribution in [0, 0.1) is 13.8 Å². The molecule has 2 N–H and O–H groups in total. The Labute approximate surface area is 138 Å². The van der Waals surface area contributed by atoms with Gasteiger partial charge in [0, 0.05) is 12.1 Å². The molecule has 0 amide bonds. The van der Waals surface area contributed by atoms with E-state index in [2.05, 4.69) is 32.2 Å². The molecule has 2 unspecified atom stereocenters. The molecule has 0 saturated heterocycles. The Morgan fingerprint density at radius 3 is 2.78 bits per heavy atom. The molecule has 0 bridgehead atoms. The normalized spacial score (nSPS) is 18.8. The number of ether oxygens (including phenoxy) is 3. The quantitative estimate of drug-likeness (QED) is 0.840. The van der Waals surface area contributed by atoms with Crippen molar-refractivity contribution in [3.05, 3.63) is 23.3 Å². The maximum Gasteiger partial charge on any atom is 0.164 e. The lowest BCUT2D eigenvalue weighted by molar-refractivity contribution is -0.0223. The lowest BCUT2D eigenvalue weighted by Crippen LogP contribution is -2.42. The van der Waals surface area contributed by atoms with Crippen molar-refractivity contribution in [2.24, 2.45) is 0 Å². The lowest BCUT2D eigenvalue weighted by atomic mass is 10.1. The van der Waals surface area contributed by atoms with Gasteiger partial charge in [0.25, 0.3) is 0 Å². The van der Waals surface area contributed by atoms with Crippen LogP contribution >= 0.6 is 0 Å². The molecule has 0 radical (unpaired) electrons. The van der Waals surface area contributed by atoms with Gasteiger partial charge in [0.1, 0.15) is 6.61 Å². The first-order valence-corrected chi connectivity index (χ1v) is 8.16. The number of β-amino-alcohol motifs (C(OH)–C–C–N with tert-alkyl or cyclic N) is 1. The number of aryl methyl sites for hydroxylation is 2. The third kappa shape index (κ3) is 5.68. The van der Waals surface area contributed by atoms with Gasteiger partial charge >= 0.3 is 0 Å². The Balaban J connectivity index is 1.75. The predicted molar refractivity (Wildman–Crippen MR) is 90.4 cm³/mol. The zero-order chi connectivity index (χ0) is 17.0. The van der Waals surface area contributed by atoms with Gasteiger partial charge in [-0.3, -0.25) is 0 Å². The monoisotopic (exact) mass is 323 g/mol. The van der Waals surface area contributed by atoms with Crippen molar-refractivity contribution in [1.29, 1.82) is 0 Å². The third-order valence-corrected chi connectivity index (χ3v) is 3.57. The smallest absolute Gasteiger partial charge is 0.164 e. The highest BCUT2D eigenvalue weighted by Gasteiger charge is 2.23. The van der Waals surface area contributed by atoms with Crippen molar-refractivity contribution in [1.82, 2.24) is 5.32 Å². The molecule has 5 nitrogen and oxygen atoms in total. The Hall–Kier alpha value is -1.30. The van der Waals surface area contributed by atoms with Gasteiger partial charge in [-0.05, 0) is 51.8 Å². The van der Waals surface area contributed by atoms with Gasteiger partial charge in [-0.15, -0.1) is 0 Å². The molecule has 1 heterocycles. The second kappa shape index (κ2) is 7.51. The first-order chi connectivity index (χ1) is 10.7. The molecule has 1 aromatic carbocycles. The van der Waals surface area contributed by atoms with Gasteiger partial charge in [0.05, 0.1) is 19.3 Å². The van der Waals surface area contributed by atoms with Crippen molar-refractivity contribution in [3.63, 3.8) is 0 Å². The summed E-state index contributed by atoms with van der Waals surface area (Å²) >= 11 is 0. The summed E-state index contributed by atoms with van der Waals surface area (Å²) in [5.74, 6) is 1.60. The molecule has 0 saturated carbocycles. The van der Waals surface area contributed by atoms with Crippen LogP contribution in [0.5, 0.6) is 11.5 Å². The molecule has 5 heteroatoms. The fraction of sp³-hybridized carbons (Fsp3) is 0.667. The van der Waals surface area contributed by atoms with Gasteiger partial charge in [-0.2, -0.15) is 0 Å². The maximum atomic E-state index is 9.91. The standard InChI is InChI=1S/C18H29NO4/c1-12-6-13(2)17-16(7-12)23-15(11-22-17)10-21-9-14(20)8-19-18(3,4)5/h6-7,14-15,19-20H,8-11H2,1-5H3. The highest BCUT2D eigenvalue weighted by atomic mass is 16.6. The molecule has 0 aromatic heterocycles. The Morgan fingerprint density at radius 1 is 1.35 bits per heavy atom. The van der Waals surface area contributed by atoms with E-state index in [1.54, 1.807) is 0 Å². The average molecular weight is 323 g/mol. The number of nitrogens with one attached hydrogen (secondary N) is 1. The number of hydrogen-bond acceptors (Lipinski definition) is 5. The number of hydrogen-bond donors (Lipinski definition) is 2. The van der Waals surface area contributed by atoms with E-state index in [4.69, 9.17) is 14.2 Å². The van der Waals surface area contributed by atoms with Crippen LogP contribution < -0.4 is 14.8 Å². The molecular weight excluding hydrogens is 294 g/mol. The topological polar surface area (TPSA) is 60.0 Å². The maximum absolute atomic E-state index is 9.91. The van der Waals surface area contributed by atoms with Crippen LogP contribution in [0.3, 0.4) is 0 Å². The minimum atomic E-state index is -0.532. The molecule has 2 rings (SSSR count). The minimum absolute atomic E-state index is 0.0132. The fourth-order valence-electron chi connectivity index (χ4n) is 2.48. The second-order valence-electron chi connectivity index (χ2n) is 7.28. The summed E-state index contributed by atoms with van der Waals surface area (Å²) in [6, 6.07) is 4.06. The number of aliphatic hydroxyl groups excluding tert-OH is 1. The van der Waals surface area contributed by atoms with Crippen LogP contribution in [-0.2, 0) is 4.74 Å². The summed E-state index contributed by atoms with van der Waals surface area (Å²) in [6.07, 6.45) is -0.679. The second-order valence-corrected chi connectivity index (χ2v) is 7.28. The summed E-state index contributed by atoms with van der Waals surface area (Å²) in [6.45, 7) is 11.9. The number of rotatable bonds is 6. The van der Waals surface area contributed by atoms with Crippen LogP contribution in [0.15, 0.2) is 12.1 Å². The SMILES string of the molecule is Cc1cc(C)c2c(c1)OC(COCC(O)CNC(C)(C)C)CO2. The predicted octanol–water partition coefficient (Wildman–Crippen LogP) is 2.21. The van der Waals surface area contributed by atoms with E-state index < -0.39 is 6.10 Å². The van der Waals surface area contributed by atoms with Crippen LogP contribution in [0.25, 0.3) is 0 Å². The number of fused-ring (bicyclic) bond motifs is 1. The highest BCUT2D eigenvalue weighted by Crippen LogP contribution is 2.35. The van der Waals surface area contributed by atoms with E-state index in [1.807, 2.05) is 19.9 Å². The first kappa shape index (κ1) is 18.0. The molecule has 23 heavy (non-hydrogen) atoms. The lowest BCUT2D eigenvalue weighted by Gasteiger charge is -2.28. The van der Waals surface area contributed by atoms with Gasteiger partial charge in [-0.1, -0.05) is 6.07 Å². The van der Waals surface area contributed by atoms with Crippen molar-refractivity contribution < 1.29 is 19.3 Å². The Kier molecular flexibility index (Phi) is 5.89. The molecule has 0 spiro atoms. The molecule has 1 aromatic rings. The number of aliphatic hydroxyl groups is 1. The van der Waals surface area contributed by atoms with Crippen molar-refractivity contribution in [2.75, 3.05) is 26.4 Å². The van der Waals surface area contributed by atoms with E-state index in [0.29, 0.717) is 19.8 Å². The molecule has 2 atom stereocenters. The summed E-state index contributed by atoms with van der Waals surface area (Å²) < 4.78 is 17.3. The van der Waals surface area contributed by atoms with E-state index in [-0.39, 0.29) is 18.2 Å². The fourth-order valence-corrected chi connectivity index (χ4v) is 2.48. The van der Waals surface area contributed by atoms with Gasteiger partial charge in [-0.25, -0.2) is 0 Å². The van der Waals surface area contributed by atoms with Crippen molar-refractivity contribution in [2.45, 2.75) is 52.4 Å². The largest absolute Gasteiger partial charge is 0.485 e. The van der Waals surface area contributed by atoms with E-state index >= 15 is 0 Å². The van der Waals surface area contributed by atoms with Crippen molar-refractivity contribution in [3.8, 4) is 11.5 Å². The molecular formula is C18H29NO4. The minimum Gasteiger partial charge on any atom is -0.485 e. The highest BCUT2D eigenvalue weighted by molar-refractivity contribution is 5.49. The van der Waals surface area contributed by atoms with Crippen LogP contribution in [-0.4, -0.2) is 49.2 Å². The number of benzene rings is 1. The molecule has 0 fully saturated rings. The molecule has 1 aliphatic heterocycles. The average Bonchev–Trinajstić information content (AvgIpc) is 2.44. The molecule has 130 valence electrons. The van der Waals surface area contributed by atoms with Crippen molar-refractivity contribution >= 4 is 0 Å². The summed E-state index contributed by atoms with van der Waals surface area (Å²) in [7, 11) is 0. The van der Waals surface area contributed by atoms with Crippen LogP contribution in [0.2, 0.25) is 0 Å². The third-order valence-electron chi connectivity index (χ3n) is 3.57. The van der Waals surface area contributed by atoms with Crippen LogP contribution in [0.1, 0.15) is 31.9 Å². The zero-order valence-corrected chi connectivity index (χ0v) is 14.8.